The Morgan fingerprint density at radius 2 is 2.00 bits per heavy atom. The fraction of sp³-hybridized carbons (Fsp3) is 0.286. The highest BCUT2D eigenvalue weighted by Crippen LogP contribution is 2.24. The molecule has 21 heavy (non-hydrogen) atoms. The van der Waals surface area contributed by atoms with Crippen LogP contribution in [-0.4, -0.2) is 24.4 Å². The lowest BCUT2D eigenvalue weighted by atomic mass is 10.0. The van der Waals surface area contributed by atoms with Gasteiger partial charge in [-0.3, -0.25) is 11.3 Å². The minimum Gasteiger partial charge on any atom is -0.494 e. The van der Waals surface area contributed by atoms with Crippen LogP contribution in [0.3, 0.4) is 0 Å². The number of methoxy groups -OCH3 is 2. The van der Waals surface area contributed by atoms with Gasteiger partial charge in [-0.2, -0.15) is 5.10 Å². The molecule has 0 spiro atoms. The fourth-order valence-electron chi connectivity index (χ4n) is 1.97. The second kappa shape index (κ2) is 6.96. The Balaban J connectivity index is 2.22. The fourth-order valence-corrected chi connectivity index (χ4v) is 1.97. The van der Waals surface area contributed by atoms with Crippen molar-refractivity contribution in [3.8, 4) is 11.6 Å². The summed E-state index contributed by atoms with van der Waals surface area (Å²) in [6, 6.07) is 8.01. The molecule has 0 fully saturated rings. The van der Waals surface area contributed by atoms with Gasteiger partial charge in [0, 0.05) is 6.07 Å². The molecule has 0 bridgehead atoms. The molecular formula is C14H17FN4O2. The van der Waals surface area contributed by atoms with Crippen molar-refractivity contribution in [1.29, 1.82) is 0 Å². The molecule has 1 unspecified atom stereocenters. The third kappa shape index (κ3) is 3.45. The first kappa shape index (κ1) is 15.1. The van der Waals surface area contributed by atoms with Crippen LogP contribution in [-0.2, 0) is 6.42 Å². The maximum Gasteiger partial charge on any atom is 0.233 e. The second-order valence-corrected chi connectivity index (χ2v) is 4.36. The zero-order valence-corrected chi connectivity index (χ0v) is 11.8. The van der Waals surface area contributed by atoms with E-state index < -0.39 is 5.82 Å². The third-order valence-electron chi connectivity index (χ3n) is 3.12. The highest BCUT2D eigenvalue weighted by Gasteiger charge is 2.17. The standard InChI is InChI=1S/C14H17FN4O2/c1-20-12-5-3-4-9(14(12)15)8-11(17-16)10-6-7-13(21-2)19-18-10/h3-7,11,17H,8,16H2,1-2H3. The highest BCUT2D eigenvalue weighted by atomic mass is 19.1. The Morgan fingerprint density at radius 1 is 1.19 bits per heavy atom. The van der Waals surface area contributed by atoms with Gasteiger partial charge in [-0.1, -0.05) is 12.1 Å². The van der Waals surface area contributed by atoms with E-state index in [0.717, 1.165) is 0 Å². The Labute approximate surface area is 122 Å². The number of hydrazine groups is 1. The van der Waals surface area contributed by atoms with Gasteiger partial charge in [-0.25, -0.2) is 4.39 Å². The lowest BCUT2D eigenvalue weighted by molar-refractivity contribution is 0.381. The summed E-state index contributed by atoms with van der Waals surface area (Å²) in [4.78, 5) is 0. The van der Waals surface area contributed by atoms with E-state index in [1.165, 1.54) is 14.2 Å². The van der Waals surface area contributed by atoms with Crippen molar-refractivity contribution in [2.45, 2.75) is 12.5 Å². The highest BCUT2D eigenvalue weighted by molar-refractivity contribution is 5.32. The van der Waals surface area contributed by atoms with Gasteiger partial charge in [0.1, 0.15) is 0 Å². The van der Waals surface area contributed by atoms with Gasteiger partial charge >= 0.3 is 0 Å². The van der Waals surface area contributed by atoms with E-state index >= 15 is 0 Å². The molecule has 6 nitrogen and oxygen atoms in total. The van der Waals surface area contributed by atoms with Crippen molar-refractivity contribution in [2.75, 3.05) is 14.2 Å². The molecule has 0 saturated heterocycles. The average Bonchev–Trinajstić information content (AvgIpc) is 2.54. The summed E-state index contributed by atoms with van der Waals surface area (Å²) in [5, 5.41) is 7.90. The summed E-state index contributed by atoms with van der Waals surface area (Å²) < 4.78 is 24.1. The van der Waals surface area contributed by atoms with Crippen molar-refractivity contribution in [2.24, 2.45) is 5.84 Å². The van der Waals surface area contributed by atoms with E-state index in [4.69, 9.17) is 15.3 Å². The number of nitrogens with two attached hydrogens (primary N) is 1. The van der Waals surface area contributed by atoms with Crippen LogP contribution in [0.4, 0.5) is 4.39 Å². The summed E-state index contributed by atoms with van der Waals surface area (Å²) in [5.41, 5.74) is 3.70. The number of rotatable bonds is 6. The number of nitrogens with one attached hydrogen (secondary N) is 1. The predicted octanol–water partition coefficient (Wildman–Crippen LogP) is 1.38. The van der Waals surface area contributed by atoms with Crippen LogP contribution in [0.25, 0.3) is 0 Å². The molecule has 0 aliphatic carbocycles. The van der Waals surface area contributed by atoms with E-state index in [9.17, 15) is 4.39 Å². The largest absolute Gasteiger partial charge is 0.494 e. The van der Waals surface area contributed by atoms with E-state index in [2.05, 4.69) is 15.6 Å². The Bertz CT molecular complexity index is 592. The van der Waals surface area contributed by atoms with E-state index in [1.807, 2.05) is 0 Å². The number of ether oxygens (including phenoxy) is 2. The van der Waals surface area contributed by atoms with Gasteiger partial charge in [0.25, 0.3) is 0 Å². The van der Waals surface area contributed by atoms with Gasteiger partial charge in [0.15, 0.2) is 11.6 Å². The molecule has 0 amide bonds. The molecule has 0 aliphatic rings. The summed E-state index contributed by atoms with van der Waals surface area (Å²) >= 11 is 0. The number of hydrogen-bond donors (Lipinski definition) is 2. The van der Waals surface area contributed by atoms with Crippen molar-refractivity contribution >= 4 is 0 Å². The van der Waals surface area contributed by atoms with Gasteiger partial charge in [0.2, 0.25) is 5.88 Å². The summed E-state index contributed by atoms with van der Waals surface area (Å²) in [7, 11) is 2.93. The summed E-state index contributed by atoms with van der Waals surface area (Å²) in [6.45, 7) is 0. The first-order chi connectivity index (χ1) is 10.2. The lowest BCUT2D eigenvalue weighted by Gasteiger charge is -2.16. The summed E-state index contributed by atoms with van der Waals surface area (Å²) in [5.74, 6) is 5.74. The molecule has 112 valence electrons. The smallest absolute Gasteiger partial charge is 0.233 e. The zero-order valence-electron chi connectivity index (χ0n) is 11.8. The molecule has 1 aromatic carbocycles. The molecule has 0 saturated carbocycles. The van der Waals surface area contributed by atoms with Crippen LogP contribution in [0.2, 0.25) is 0 Å². The van der Waals surface area contributed by atoms with Gasteiger partial charge in [-0.05, 0) is 24.1 Å². The van der Waals surface area contributed by atoms with Crippen LogP contribution in [0.5, 0.6) is 11.6 Å². The number of halogens is 1. The molecule has 7 heteroatoms. The van der Waals surface area contributed by atoms with Gasteiger partial charge < -0.3 is 9.47 Å². The van der Waals surface area contributed by atoms with Crippen molar-refractivity contribution in [1.82, 2.24) is 15.6 Å². The zero-order chi connectivity index (χ0) is 15.2. The number of aromatic nitrogens is 2. The average molecular weight is 292 g/mol. The molecule has 1 heterocycles. The molecular weight excluding hydrogens is 275 g/mol. The van der Waals surface area contributed by atoms with E-state index in [-0.39, 0.29) is 11.8 Å². The normalized spacial score (nSPS) is 12.0. The number of hydrogen-bond acceptors (Lipinski definition) is 6. The van der Waals surface area contributed by atoms with Crippen LogP contribution < -0.4 is 20.7 Å². The Kier molecular flexibility index (Phi) is 5.02. The SMILES string of the molecule is COc1ccc(C(Cc2cccc(OC)c2F)NN)nn1. The second-order valence-electron chi connectivity index (χ2n) is 4.36. The number of benzene rings is 1. The summed E-state index contributed by atoms with van der Waals surface area (Å²) in [6.07, 6.45) is 0.320. The maximum atomic E-state index is 14.2. The van der Waals surface area contributed by atoms with Crippen molar-refractivity contribution in [3.05, 3.63) is 47.4 Å². The van der Waals surface area contributed by atoms with Gasteiger partial charge in [0.05, 0.1) is 26.0 Å². The lowest BCUT2D eigenvalue weighted by Crippen LogP contribution is -2.30. The van der Waals surface area contributed by atoms with Crippen LogP contribution in [0.15, 0.2) is 30.3 Å². The van der Waals surface area contributed by atoms with Crippen LogP contribution in [0, 0.1) is 5.82 Å². The van der Waals surface area contributed by atoms with Gasteiger partial charge in [-0.15, -0.1) is 5.10 Å². The van der Waals surface area contributed by atoms with E-state index in [1.54, 1.807) is 30.3 Å². The molecule has 1 atom stereocenters. The quantitative estimate of drug-likeness (QED) is 0.618. The third-order valence-corrected chi connectivity index (χ3v) is 3.12. The predicted molar refractivity (Wildman–Crippen MR) is 75.3 cm³/mol. The topological polar surface area (TPSA) is 82.3 Å². The van der Waals surface area contributed by atoms with Crippen molar-refractivity contribution in [3.63, 3.8) is 0 Å². The first-order valence-electron chi connectivity index (χ1n) is 6.34. The first-order valence-corrected chi connectivity index (χ1v) is 6.34. The Morgan fingerprint density at radius 3 is 2.57 bits per heavy atom. The minimum absolute atomic E-state index is 0.198. The van der Waals surface area contributed by atoms with Crippen molar-refractivity contribution < 1.29 is 13.9 Å². The molecule has 0 aliphatic heterocycles. The number of nitrogens with zero attached hydrogens (tertiary/aromatic N) is 2. The van der Waals surface area contributed by atoms with E-state index in [0.29, 0.717) is 23.6 Å². The molecule has 1 aromatic heterocycles. The van der Waals surface area contributed by atoms with Crippen LogP contribution in [0.1, 0.15) is 17.3 Å². The Hall–Kier alpha value is -2.25. The monoisotopic (exact) mass is 292 g/mol. The van der Waals surface area contributed by atoms with Crippen LogP contribution >= 0.6 is 0 Å². The molecule has 3 N–H and O–H groups in total. The molecule has 2 rings (SSSR count). The minimum atomic E-state index is -0.401. The molecule has 2 aromatic rings. The molecule has 0 radical (unpaired) electrons. The maximum absolute atomic E-state index is 14.2.